The van der Waals surface area contributed by atoms with Gasteiger partial charge >= 0.3 is 0 Å². The molecule has 22 heavy (non-hydrogen) atoms. The molecule has 0 fully saturated rings. The number of amides is 1. The molecule has 0 aliphatic rings. The van der Waals surface area contributed by atoms with Gasteiger partial charge in [0.15, 0.2) is 0 Å². The van der Waals surface area contributed by atoms with Crippen LogP contribution in [0.5, 0.6) is 5.75 Å². The zero-order valence-electron chi connectivity index (χ0n) is 11.4. The molecule has 0 bridgehead atoms. The maximum Gasteiger partial charge on any atom is 0.258 e. The molecule has 0 unspecified atom stereocenters. The second-order valence-corrected chi connectivity index (χ2v) is 4.69. The van der Waals surface area contributed by atoms with Crippen LogP contribution in [0.1, 0.15) is 10.4 Å². The number of aromatic hydroxyl groups is 1. The lowest BCUT2D eigenvalue weighted by Gasteiger charge is -2.08. The molecule has 1 heterocycles. The van der Waals surface area contributed by atoms with Gasteiger partial charge in [-0.2, -0.15) is 5.10 Å². The number of nitrogens with zero attached hydrogens (tertiary/aromatic N) is 1. The molecule has 3 rings (SSSR count). The average molecular weight is 297 g/mol. The Morgan fingerprint density at radius 1 is 1.18 bits per heavy atom. The van der Waals surface area contributed by atoms with Gasteiger partial charge in [-0.3, -0.25) is 9.89 Å². The van der Waals surface area contributed by atoms with E-state index in [1.807, 2.05) is 6.07 Å². The van der Waals surface area contributed by atoms with E-state index in [9.17, 15) is 14.3 Å². The van der Waals surface area contributed by atoms with Crippen molar-refractivity contribution in [2.45, 2.75) is 0 Å². The van der Waals surface area contributed by atoms with Crippen LogP contribution >= 0.6 is 0 Å². The number of nitrogens with one attached hydrogen (secondary N) is 2. The Balaban J connectivity index is 1.84. The van der Waals surface area contributed by atoms with E-state index in [1.165, 1.54) is 12.1 Å². The molecule has 0 aliphatic heterocycles. The second-order valence-electron chi connectivity index (χ2n) is 4.69. The lowest BCUT2D eigenvalue weighted by atomic mass is 10.1. The number of carbonyl (C=O) groups excluding carboxylic acids is 1. The summed E-state index contributed by atoms with van der Waals surface area (Å²) in [5.74, 6) is -1.58. The summed E-state index contributed by atoms with van der Waals surface area (Å²) in [6.45, 7) is 0. The van der Waals surface area contributed by atoms with Gasteiger partial charge in [-0.05, 0) is 29.8 Å². The fourth-order valence-corrected chi connectivity index (χ4v) is 2.07. The first-order chi connectivity index (χ1) is 10.6. The molecule has 0 radical (unpaired) electrons. The molecule has 0 atom stereocenters. The van der Waals surface area contributed by atoms with Gasteiger partial charge in [-0.25, -0.2) is 4.39 Å². The zero-order chi connectivity index (χ0) is 15.5. The minimum atomic E-state index is -0.775. The molecular formula is C16H12FN3O2. The number of phenolic OH excluding ortho intramolecular Hbond substituents is 1. The maximum atomic E-state index is 13.7. The number of aromatic amines is 1. The zero-order valence-corrected chi connectivity index (χ0v) is 11.4. The average Bonchev–Trinajstić information content (AvgIpc) is 3.01. The largest absolute Gasteiger partial charge is 0.508 e. The molecule has 3 aromatic rings. The second kappa shape index (κ2) is 5.69. The lowest BCUT2D eigenvalue weighted by molar-refractivity contribution is 0.102. The van der Waals surface area contributed by atoms with E-state index in [0.717, 1.165) is 17.2 Å². The van der Waals surface area contributed by atoms with E-state index < -0.39 is 11.7 Å². The highest BCUT2D eigenvalue weighted by atomic mass is 19.1. The first-order valence-electron chi connectivity index (χ1n) is 6.52. The number of phenols is 1. The Labute approximate surface area is 125 Å². The minimum Gasteiger partial charge on any atom is -0.508 e. The van der Waals surface area contributed by atoms with Crippen molar-refractivity contribution in [1.29, 1.82) is 0 Å². The predicted molar refractivity (Wildman–Crippen MR) is 80.0 cm³/mol. The van der Waals surface area contributed by atoms with Crippen LogP contribution in [0.25, 0.3) is 11.1 Å². The smallest absolute Gasteiger partial charge is 0.258 e. The molecule has 0 aliphatic carbocycles. The van der Waals surface area contributed by atoms with E-state index in [1.54, 1.807) is 30.6 Å². The minimum absolute atomic E-state index is 0.133. The third-order valence-electron chi connectivity index (χ3n) is 3.15. The van der Waals surface area contributed by atoms with Gasteiger partial charge < -0.3 is 10.4 Å². The van der Waals surface area contributed by atoms with Crippen LogP contribution in [0.4, 0.5) is 10.1 Å². The van der Waals surface area contributed by atoms with Gasteiger partial charge in [-0.1, -0.05) is 12.1 Å². The number of halogens is 1. The summed E-state index contributed by atoms with van der Waals surface area (Å²) in [6, 6.07) is 10.5. The summed E-state index contributed by atoms with van der Waals surface area (Å²) < 4.78 is 13.7. The molecule has 2 aromatic carbocycles. The van der Waals surface area contributed by atoms with E-state index in [4.69, 9.17) is 0 Å². The molecule has 0 saturated heterocycles. The monoisotopic (exact) mass is 297 g/mol. The van der Waals surface area contributed by atoms with Crippen molar-refractivity contribution in [3.8, 4) is 16.9 Å². The van der Waals surface area contributed by atoms with Crippen molar-refractivity contribution in [3.05, 3.63) is 66.2 Å². The van der Waals surface area contributed by atoms with Crippen molar-refractivity contribution in [2.75, 3.05) is 5.32 Å². The van der Waals surface area contributed by atoms with E-state index >= 15 is 0 Å². The Bertz CT molecular complexity index is 816. The Morgan fingerprint density at radius 2 is 2.05 bits per heavy atom. The van der Waals surface area contributed by atoms with Gasteiger partial charge in [0.25, 0.3) is 5.91 Å². The van der Waals surface area contributed by atoms with Gasteiger partial charge in [-0.15, -0.1) is 0 Å². The first kappa shape index (κ1) is 13.8. The first-order valence-corrected chi connectivity index (χ1v) is 6.52. The number of rotatable bonds is 3. The van der Waals surface area contributed by atoms with Crippen LogP contribution in [-0.2, 0) is 0 Å². The molecule has 5 nitrogen and oxygen atoms in total. The van der Waals surface area contributed by atoms with Gasteiger partial charge in [0.2, 0.25) is 0 Å². The topological polar surface area (TPSA) is 78.0 Å². The fraction of sp³-hybridized carbons (Fsp3) is 0. The van der Waals surface area contributed by atoms with Gasteiger partial charge in [0.1, 0.15) is 11.6 Å². The van der Waals surface area contributed by atoms with Crippen LogP contribution in [0.2, 0.25) is 0 Å². The van der Waals surface area contributed by atoms with Crippen molar-refractivity contribution in [3.63, 3.8) is 0 Å². The molecule has 0 saturated carbocycles. The molecule has 110 valence electrons. The molecule has 0 spiro atoms. The van der Waals surface area contributed by atoms with Crippen LogP contribution in [0, 0.1) is 5.82 Å². The summed E-state index contributed by atoms with van der Waals surface area (Å²) in [5, 5.41) is 18.4. The van der Waals surface area contributed by atoms with Crippen molar-refractivity contribution < 1.29 is 14.3 Å². The molecular weight excluding hydrogens is 285 g/mol. The summed E-state index contributed by atoms with van der Waals surface area (Å²) in [5.41, 5.74) is 2.16. The summed E-state index contributed by atoms with van der Waals surface area (Å²) >= 11 is 0. The highest BCUT2D eigenvalue weighted by molar-refractivity contribution is 6.04. The molecule has 1 amide bonds. The van der Waals surface area contributed by atoms with Crippen molar-refractivity contribution in [1.82, 2.24) is 10.2 Å². The normalized spacial score (nSPS) is 10.4. The SMILES string of the molecule is O=C(Nc1cccc(-c2cn[nH]c2)c1)c1ccc(O)cc1F. The third kappa shape index (κ3) is 2.80. The van der Waals surface area contributed by atoms with Gasteiger partial charge in [0, 0.05) is 23.5 Å². The summed E-state index contributed by atoms with van der Waals surface area (Å²) in [6.07, 6.45) is 3.40. The number of H-pyrrole nitrogens is 1. The van der Waals surface area contributed by atoms with Gasteiger partial charge in [0.05, 0.1) is 11.8 Å². The highest BCUT2D eigenvalue weighted by Gasteiger charge is 2.12. The van der Waals surface area contributed by atoms with Crippen LogP contribution in [0.15, 0.2) is 54.9 Å². The number of carbonyl (C=O) groups is 1. The number of benzene rings is 2. The highest BCUT2D eigenvalue weighted by Crippen LogP contribution is 2.22. The van der Waals surface area contributed by atoms with Crippen molar-refractivity contribution >= 4 is 11.6 Å². The quantitative estimate of drug-likeness (QED) is 0.695. The van der Waals surface area contributed by atoms with E-state index in [-0.39, 0.29) is 11.3 Å². The number of aromatic nitrogens is 2. The number of anilines is 1. The number of hydrogen-bond donors (Lipinski definition) is 3. The molecule has 1 aromatic heterocycles. The maximum absolute atomic E-state index is 13.7. The summed E-state index contributed by atoms with van der Waals surface area (Å²) in [7, 11) is 0. The van der Waals surface area contributed by atoms with Crippen LogP contribution < -0.4 is 5.32 Å². The number of hydrogen-bond acceptors (Lipinski definition) is 3. The van der Waals surface area contributed by atoms with Crippen LogP contribution in [0.3, 0.4) is 0 Å². The molecule has 3 N–H and O–H groups in total. The lowest BCUT2D eigenvalue weighted by Crippen LogP contribution is -2.13. The summed E-state index contributed by atoms with van der Waals surface area (Å²) in [4.78, 5) is 12.1. The predicted octanol–water partition coefficient (Wildman–Crippen LogP) is 3.17. The Morgan fingerprint density at radius 3 is 2.77 bits per heavy atom. The Hall–Kier alpha value is -3.15. The standard InChI is InChI=1S/C16H12FN3O2/c17-15-7-13(21)4-5-14(15)16(22)20-12-3-1-2-10(6-12)11-8-18-19-9-11/h1-9,21H,(H,18,19)(H,20,22). The van der Waals surface area contributed by atoms with E-state index in [2.05, 4.69) is 15.5 Å². The fourth-order valence-electron chi connectivity index (χ4n) is 2.07. The third-order valence-corrected chi connectivity index (χ3v) is 3.15. The Kier molecular flexibility index (Phi) is 3.57. The van der Waals surface area contributed by atoms with E-state index in [0.29, 0.717) is 5.69 Å². The molecule has 6 heteroatoms. The van der Waals surface area contributed by atoms with Crippen LogP contribution in [-0.4, -0.2) is 21.2 Å². The van der Waals surface area contributed by atoms with Crippen molar-refractivity contribution in [2.24, 2.45) is 0 Å².